The highest BCUT2D eigenvalue weighted by molar-refractivity contribution is 5.71. The summed E-state index contributed by atoms with van der Waals surface area (Å²) >= 11 is 0. The molecule has 0 aromatic heterocycles. The first-order valence-corrected chi connectivity index (χ1v) is 33.7. The molecule has 454 valence electrons. The average molecular weight is 1100 g/mol. The number of carbonyl (C=O) groups is 3. The van der Waals surface area contributed by atoms with Crippen LogP contribution in [0.1, 0.15) is 329 Å². The van der Waals surface area contributed by atoms with E-state index in [2.05, 4.69) is 118 Å². The molecule has 1 unspecified atom stereocenters. The van der Waals surface area contributed by atoms with Gasteiger partial charge < -0.3 is 14.2 Å². The second kappa shape index (κ2) is 66.8. The van der Waals surface area contributed by atoms with Crippen molar-refractivity contribution in [1.82, 2.24) is 0 Å². The smallest absolute Gasteiger partial charge is 0.306 e. The van der Waals surface area contributed by atoms with Crippen molar-refractivity contribution in [3.05, 3.63) is 97.2 Å². The third-order valence-electron chi connectivity index (χ3n) is 14.6. The van der Waals surface area contributed by atoms with Crippen molar-refractivity contribution in [2.24, 2.45) is 0 Å². The topological polar surface area (TPSA) is 78.9 Å². The molecule has 6 nitrogen and oxygen atoms in total. The van der Waals surface area contributed by atoms with E-state index >= 15 is 0 Å². The third-order valence-corrected chi connectivity index (χ3v) is 14.6. The molecule has 0 rings (SSSR count). The van der Waals surface area contributed by atoms with E-state index in [1.54, 1.807) is 0 Å². The van der Waals surface area contributed by atoms with Crippen LogP contribution in [0.15, 0.2) is 97.2 Å². The van der Waals surface area contributed by atoms with Crippen molar-refractivity contribution in [3.63, 3.8) is 0 Å². The fraction of sp³-hybridized carbons (Fsp3) is 0.740. The molecule has 0 aromatic carbocycles. The summed E-state index contributed by atoms with van der Waals surface area (Å²) in [5, 5.41) is 0. The third kappa shape index (κ3) is 65.0. The molecule has 79 heavy (non-hydrogen) atoms. The van der Waals surface area contributed by atoms with Crippen LogP contribution in [0, 0.1) is 0 Å². The molecular weight excluding hydrogens is 973 g/mol. The van der Waals surface area contributed by atoms with Crippen LogP contribution < -0.4 is 0 Å². The fourth-order valence-corrected chi connectivity index (χ4v) is 9.55. The predicted octanol–water partition coefficient (Wildman–Crippen LogP) is 23.2. The van der Waals surface area contributed by atoms with Gasteiger partial charge in [0.05, 0.1) is 0 Å². The summed E-state index contributed by atoms with van der Waals surface area (Å²) in [5.41, 5.74) is 0. The van der Waals surface area contributed by atoms with Crippen LogP contribution >= 0.6 is 0 Å². The van der Waals surface area contributed by atoms with Crippen molar-refractivity contribution < 1.29 is 28.6 Å². The molecule has 0 spiro atoms. The number of esters is 3. The Balaban J connectivity index is 4.23. The lowest BCUT2D eigenvalue weighted by molar-refractivity contribution is -0.167. The van der Waals surface area contributed by atoms with E-state index in [1.807, 2.05) is 0 Å². The molecule has 0 heterocycles. The summed E-state index contributed by atoms with van der Waals surface area (Å²) in [7, 11) is 0. The molecule has 6 heteroatoms. The lowest BCUT2D eigenvalue weighted by atomic mass is 10.0. The summed E-state index contributed by atoms with van der Waals surface area (Å²) in [4.78, 5) is 38.2. The monoisotopic (exact) mass is 1100 g/mol. The Morgan fingerprint density at radius 3 is 0.823 bits per heavy atom. The Morgan fingerprint density at radius 2 is 0.506 bits per heavy atom. The zero-order chi connectivity index (χ0) is 57.1. The first kappa shape index (κ1) is 75.3. The van der Waals surface area contributed by atoms with Gasteiger partial charge in [-0.05, 0) is 96.3 Å². The quantitative estimate of drug-likeness (QED) is 0.0261. The van der Waals surface area contributed by atoms with Gasteiger partial charge >= 0.3 is 17.9 Å². The van der Waals surface area contributed by atoms with Gasteiger partial charge in [-0.1, -0.05) is 311 Å². The Morgan fingerprint density at radius 1 is 0.266 bits per heavy atom. The second-order valence-electron chi connectivity index (χ2n) is 22.4. The Hall–Kier alpha value is -3.67. The summed E-state index contributed by atoms with van der Waals surface area (Å²) in [5.74, 6) is -0.950. The van der Waals surface area contributed by atoms with Crippen LogP contribution in [0.3, 0.4) is 0 Å². The molecule has 0 saturated carbocycles. The second-order valence-corrected chi connectivity index (χ2v) is 22.4. The molecule has 0 aliphatic heterocycles. The van der Waals surface area contributed by atoms with E-state index in [-0.39, 0.29) is 37.5 Å². The molecule has 0 aliphatic rings. The number of carbonyl (C=O) groups excluding carboxylic acids is 3. The zero-order valence-corrected chi connectivity index (χ0v) is 52.1. The maximum Gasteiger partial charge on any atom is 0.306 e. The first-order valence-electron chi connectivity index (χ1n) is 33.7. The number of rotatable bonds is 61. The summed E-state index contributed by atoms with van der Waals surface area (Å²) < 4.78 is 16.8. The van der Waals surface area contributed by atoms with Gasteiger partial charge in [-0.3, -0.25) is 14.4 Å². The lowest BCUT2D eigenvalue weighted by Gasteiger charge is -2.18. The van der Waals surface area contributed by atoms with E-state index in [4.69, 9.17) is 14.2 Å². The molecular formula is C73H126O6. The van der Waals surface area contributed by atoms with Gasteiger partial charge in [0, 0.05) is 19.3 Å². The largest absolute Gasteiger partial charge is 0.462 e. The molecule has 0 bridgehead atoms. The predicted molar refractivity (Wildman–Crippen MR) is 344 cm³/mol. The standard InChI is InChI=1S/C73H126O6/c1-4-7-10-13-16-19-21-23-25-27-29-31-33-34-35-36-37-38-40-41-43-45-47-49-51-54-57-60-63-66-72(75)78-69-70(68-77-71(74)65-62-59-56-53-18-15-12-9-6-3)79-73(76)67-64-61-58-55-52-50-48-46-44-42-39-32-30-28-26-24-22-20-17-14-11-8-5-2/h8,11,17,20,24,26-27,29-30,32,42,44,48,50,55,58,70H,4-7,9-10,12-16,18-19,21-23,25,28,31,33-41,43,45-47,49,51-54,56-57,59-69H2,1-3H3/b11-8-,20-17-,26-24-,29-27-,32-30-,44-42-,50-48-,58-55-. The van der Waals surface area contributed by atoms with E-state index < -0.39 is 6.10 Å². The van der Waals surface area contributed by atoms with Crippen molar-refractivity contribution in [2.45, 2.75) is 335 Å². The van der Waals surface area contributed by atoms with Crippen LogP contribution in [0.25, 0.3) is 0 Å². The van der Waals surface area contributed by atoms with Crippen LogP contribution in [-0.2, 0) is 28.6 Å². The van der Waals surface area contributed by atoms with Crippen molar-refractivity contribution >= 4 is 17.9 Å². The number of hydrogen-bond donors (Lipinski definition) is 0. The highest BCUT2D eigenvalue weighted by Gasteiger charge is 2.19. The molecule has 0 aliphatic carbocycles. The van der Waals surface area contributed by atoms with Gasteiger partial charge in [0.25, 0.3) is 0 Å². The molecule has 0 amide bonds. The maximum absolute atomic E-state index is 12.9. The van der Waals surface area contributed by atoms with Crippen molar-refractivity contribution in [3.8, 4) is 0 Å². The number of allylic oxidation sites excluding steroid dienone is 16. The summed E-state index contributed by atoms with van der Waals surface area (Å²) in [6.07, 6.45) is 90.3. The van der Waals surface area contributed by atoms with Gasteiger partial charge in [-0.25, -0.2) is 0 Å². The average Bonchev–Trinajstić information content (AvgIpc) is 3.45. The molecule has 0 aromatic rings. The van der Waals surface area contributed by atoms with Crippen LogP contribution in [0.2, 0.25) is 0 Å². The fourth-order valence-electron chi connectivity index (χ4n) is 9.55. The molecule has 0 saturated heterocycles. The Kier molecular flexibility index (Phi) is 63.7. The van der Waals surface area contributed by atoms with Crippen molar-refractivity contribution in [2.75, 3.05) is 13.2 Å². The zero-order valence-electron chi connectivity index (χ0n) is 52.1. The summed E-state index contributed by atoms with van der Waals surface area (Å²) in [6.45, 7) is 6.49. The first-order chi connectivity index (χ1) is 39.0. The van der Waals surface area contributed by atoms with Gasteiger partial charge in [-0.15, -0.1) is 0 Å². The Labute approximate surface area is 489 Å². The Bertz CT molecular complexity index is 1540. The number of unbranched alkanes of at least 4 members (excludes halogenated alkanes) is 34. The minimum atomic E-state index is -0.807. The van der Waals surface area contributed by atoms with E-state index in [9.17, 15) is 14.4 Å². The van der Waals surface area contributed by atoms with E-state index in [0.717, 1.165) is 89.9 Å². The van der Waals surface area contributed by atoms with Gasteiger partial charge in [0.1, 0.15) is 13.2 Å². The number of hydrogen-bond acceptors (Lipinski definition) is 6. The minimum absolute atomic E-state index is 0.0977. The lowest BCUT2D eigenvalue weighted by Crippen LogP contribution is -2.30. The van der Waals surface area contributed by atoms with Gasteiger partial charge in [0.2, 0.25) is 0 Å². The van der Waals surface area contributed by atoms with E-state index in [1.165, 1.54) is 193 Å². The SMILES string of the molecule is CC/C=C\C/C=C\C/C=C\C/C=C\C/C=C\C/C=C\C/C=C\CCCC(=O)OC(COC(=O)CCCCCCCCCCC)COC(=O)CCCCCCCCCCCCCCCCCCC/C=C\CCCCCCCCCC. The van der Waals surface area contributed by atoms with Gasteiger partial charge in [-0.2, -0.15) is 0 Å². The van der Waals surface area contributed by atoms with Crippen molar-refractivity contribution in [1.29, 1.82) is 0 Å². The molecule has 0 radical (unpaired) electrons. The van der Waals surface area contributed by atoms with Crippen LogP contribution in [-0.4, -0.2) is 37.2 Å². The van der Waals surface area contributed by atoms with E-state index in [0.29, 0.717) is 19.3 Å². The summed E-state index contributed by atoms with van der Waals surface area (Å²) in [6, 6.07) is 0. The minimum Gasteiger partial charge on any atom is -0.462 e. The van der Waals surface area contributed by atoms with Gasteiger partial charge in [0.15, 0.2) is 6.10 Å². The molecule has 0 N–H and O–H groups in total. The maximum atomic E-state index is 12.9. The van der Waals surface area contributed by atoms with Crippen LogP contribution in [0.4, 0.5) is 0 Å². The highest BCUT2D eigenvalue weighted by Crippen LogP contribution is 2.17. The molecule has 1 atom stereocenters. The van der Waals surface area contributed by atoms with Crippen LogP contribution in [0.5, 0.6) is 0 Å². The highest BCUT2D eigenvalue weighted by atomic mass is 16.6. The number of ether oxygens (including phenoxy) is 3. The normalized spacial score (nSPS) is 12.7. The molecule has 0 fully saturated rings.